The normalized spacial score (nSPS) is 17.6. The van der Waals surface area contributed by atoms with Crippen LogP contribution in [0.3, 0.4) is 0 Å². The van der Waals surface area contributed by atoms with E-state index in [1.165, 1.54) is 38.5 Å². The van der Waals surface area contributed by atoms with E-state index in [1.807, 2.05) is 16.9 Å². The SMILES string of the molecule is CC(C)n1ccc(CC(=O)CC2CCCCCC2)n1. The molecule has 0 saturated heterocycles. The number of ketones is 1. The van der Waals surface area contributed by atoms with Crippen LogP contribution in [0.5, 0.6) is 0 Å². The molecule has 1 aromatic heterocycles. The lowest BCUT2D eigenvalue weighted by Crippen LogP contribution is -2.11. The Morgan fingerprint density at radius 3 is 2.58 bits per heavy atom. The number of carbonyl (C=O) groups excluding carboxylic acids is 1. The quantitative estimate of drug-likeness (QED) is 0.753. The van der Waals surface area contributed by atoms with E-state index in [-0.39, 0.29) is 0 Å². The molecule has 0 spiro atoms. The first-order valence-corrected chi connectivity index (χ1v) is 7.71. The maximum Gasteiger partial charge on any atom is 0.139 e. The molecule has 0 N–H and O–H groups in total. The first-order valence-electron chi connectivity index (χ1n) is 7.71. The molecule has 0 unspecified atom stereocenters. The van der Waals surface area contributed by atoms with Crippen molar-refractivity contribution < 1.29 is 4.79 Å². The van der Waals surface area contributed by atoms with Crippen molar-refractivity contribution in [1.82, 2.24) is 9.78 Å². The van der Waals surface area contributed by atoms with Crippen LogP contribution >= 0.6 is 0 Å². The van der Waals surface area contributed by atoms with Gasteiger partial charge in [0.15, 0.2) is 0 Å². The van der Waals surface area contributed by atoms with Gasteiger partial charge in [0.05, 0.1) is 12.1 Å². The third-order valence-electron chi connectivity index (χ3n) is 4.06. The van der Waals surface area contributed by atoms with Gasteiger partial charge >= 0.3 is 0 Å². The van der Waals surface area contributed by atoms with Crippen LogP contribution in [0.15, 0.2) is 12.3 Å². The van der Waals surface area contributed by atoms with Gasteiger partial charge in [0.25, 0.3) is 0 Å². The van der Waals surface area contributed by atoms with Crippen LogP contribution in [0.1, 0.15) is 70.5 Å². The predicted molar refractivity (Wildman–Crippen MR) is 77.1 cm³/mol. The zero-order valence-electron chi connectivity index (χ0n) is 12.3. The molecule has 0 amide bonds. The third-order valence-corrected chi connectivity index (χ3v) is 4.06. The van der Waals surface area contributed by atoms with Crippen molar-refractivity contribution in [2.24, 2.45) is 5.92 Å². The monoisotopic (exact) mass is 262 g/mol. The fourth-order valence-corrected chi connectivity index (χ4v) is 2.92. The summed E-state index contributed by atoms with van der Waals surface area (Å²) in [5.74, 6) is 0.989. The Morgan fingerprint density at radius 1 is 1.32 bits per heavy atom. The second-order valence-electron chi connectivity index (χ2n) is 6.16. The summed E-state index contributed by atoms with van der Waals surface area (Å²) in [5.41, 5.74) is 0.923. The molecular formula is C16H26N2O. The van der Waals surface area contributed by atoms with Crippen LogP contribution in [0.25, 0.3) is 0 Å². The average molecular weight is 262 g/mol. The Kier molecular flexibility index (Phi) is 5.17. The maximum absolute atomic E-state index is 12.1. The zero-order chi connectivity index (χ0) is 13.7. The molecule has 0 bridgehead atoms. The number of hydrogen-bond donors (Lipinski definition) is 0. The summed E-state index contributed by atoms with van der Waals surface area (Å²) in [5, 5.41) is 4.46. The molecule has 1 aliphatic carbocycles. The van der Waals surface area contributed by atoms with Crippen LogP contribution < -0.4 is 0 Å². The van der Waals surface area contributed by atoms with Crippen LogP contribution in [0.2, 0.25) is 0 Å². The molecule has 1 fully saturated rings. The third kappa shape index (κ3) is 4.48. The first kappa shape index (κ1) is 14.3. The smallest absolute Gasteiger partial charge is 0.139 e. The van der Waals surface area contributed by atoms with Gasteiger partial charge in [0.1, 0.15) is 5.78 Å². The van der Waals surface area contributed by atoms with Crippen LogP contribution in [0, 0.1) is 5.92 Å². The van der Waals surface area contributed by atoms with E-state index in [0.29, 0.717) is 24.2 Å². The molecule has 3 nitrogen and oxygen atoms in total. The number of Topliss-reactive ketones (excluding diaryl/α,β-unsaturated/α-hetero) is 1. The van der Waals surface area contributed by atoms with Gasteiger partial charge in [-0.15, -0.1) is 0 Å². The van der Waals surface area contributed by atoms with Crippen molar-refractivity contribution in [3.8, 4) is 0 Å². The fraction of sp³-hybridized carbons (Fsp3) is 0.750. The highest BCUT2D eigenvalue weighted by atomic mass is 16.1. The van der Waals surface area contributed by atoms with Crippen molar-refractivity contribution in [2.45, 2.75) is 71.3 Å². The Bertz CT molecular complexity index is 401. The minimum absolute atomic E-state index is 0.362. The molecule has 1 heterocycles. The van der Waals surface area contributed by atoms with Crippen molar-refractivity contribution in [1.29, 1.82) is 0 Å². The molecule has 19 heavy (non-hydrogen) atoms. The highest BCUT2D eigenvalue weighted by Gasteiger charge is 2.17. The summed E-state index contributed by atoms with van der Waals surface area (Å²) in [6.07, 6.45) is 11.0. The summed E-state index contributed by atoms with van der Waals surface area (Å²) >= 11 is 0. The molecule has 0 atom stereocenters. The molecule has 1 saturated carbocycles. The number of carbonyl (C=O) groups is 1. The van der Waals surface area contributed by atoms with Crippen molar-refractivity contribution in [3.05, 3.63) is 18.0 Å². The van der Waals surface area contributed by atoms with E-state index >= 15 is 0 Å². The highest BCUT2D eigenvalue weighted by molar-refractivity contribution is 5.80. The van der Waals surface area contributed by atoms with E-state index < -0.39 is 0 Å². The Balaban J connectivity index is 1.82. The molecule has 1 aliphatic rings. The van der Waals surface area contributed by atoms with E-state index in [4.69, 9.17) is 0 Å². The van der Waals surface area contributed by atoms with E-state index in [2.05, 4.69) is 18.9 Å². The summed E-state index contributed by atoms with van der Waals surface area (Å²) in [4.78, 5) is 12.1. The van der Waals surface area contributed by atoms with Crippen molar-refractivity contribution >= 4 is 5.78 Å². The standard InChI is InChI=1S/C16H26N2O/c1-13(2)18-10-9-15(17-18)12-16(19)11-14-7-5-3-4-6-8-14/h9-10,13-14H,3-8,11-12H2,1-2H3. The van der Waals surface area contributed by atoms with Gasteiger partial charge in [-0.3, -0.25) is 9.48 Å². The largest absolute Gasteiger partial charge is 0.299 e. The number of hydrogen-bond acceptors (Lipinski definition) is 2. The maximum atomic E-state index is 12.1. The van der Waals surface area contributed by atoms with Gasteiger partial charge in [-0.1, -0.05) is 38.5 Å². The minimum Gasteiger partial charge on any atom is -0.299 e. The second kappa shape index (κ2) is 6.88. The van der Waals surface area contributed by atoms with Gasteiger partial charge in [0, 0.05) is 18.7 Å². The molecule has 0 radical (unpaired) electrons. The molecule has 0 aliphatic heterocycles. The summed E-state index contributed by atoms with van der Waals surface area (Å²) in [6, 6.07) is 2.34. The first-order chi connectivity index (χ1) is 9.15. The highest BCUT2D eigenvalue weighted by Crippen LogP contribution is 2.25. The average Bonchev–Trinajstić information content (AvgIpc) is 2.67. The molecule has 106 valence electrons. The molecular weight excluding hydrogens is 236 g/mol. The topological polar surface area (TPSA) is 34.9 Å². The van der Waals surface area contributed by atoms with Crippen molar-refractivity contribution in [2.75, 3.05) is 0 Å². The second-order valence-corrected chi connectivity index (χ2v) is 6.16. The minimum atomic E-state index is 0.362. The lowest BCUT2D eigenvalue weighted by molar-refractivity contribution is -0.119. The fourth-order valence-electron chi connectivity index (χ4n) is 2.92. The van der Waals surface area contributed by atoms with E-state index in [1.54, 1.807) is 0 Å². The lowest BCUT2D eigenvalue weighted by atomic mass is 9.93. The summed E-state index contributed by atoms with van der Waals surface area (Å²) in [7, 11) is 0. The molecule has 3 heteroatoms. The number of rotatable bonds is 5. The van der Waals surface area contributed by atoms with Gasteiger partial charge in [-0.25, -0.2) is 0 Å². The summed E-state index contributed by atoms with van der Waals surface area (Å²) in [6.45, 7) is 4.20. The molecule has 2 rings (SSSR count). The van der Waals surface area contributed by atoms with Crippen LogP contribution in [-0.4, -0.2) is 15.6 Å². The van der Waals surface area contributed by atoms with Gasteiger partial charge in [-0.05, 0) is 25.8 Å². The molecule has 0 aromatic carbocycles. The number of aromatic nitrogens is 2. The summed E-state index contributed by atoms with van der Waals surface area (Å²) < 4.78 is 1.92. The van der Waals surface area contributed by atoms with Crippen LogP contribution in [-0.2, 0) is 11.2 Å². The van der Waals surface area contributed by atoms with Crippen LogP contribution in [0.4, 0.5) is 0 Å². The Morgan fingerprint density at radius 2 is 2.00 bits per heavy atom. The van der Waals surface area contributed by atoms with Crippen molar-refractivity contribution in [3.63, 3.8) is 0 Å². The Labute approximate surface area is 116 Å². The van der Waals surface area contributed by atoms with Gasteiger partial charge < -0.3 is 0 Å². The molecule has 1 aromatic rings. The van der Waals surface area contributed by atoms with E-state index in [0.717, 1.165) is 12.1 Å². The lowest BCUT2D eigenvalue weighted by Gasteiger charge is -2.12. The number of nitrogens with zero attached hydrogens (tertiary/aromatic N) is 2. The predicted octanol–water partition coefficient (Wildman–Crippen LogP) is 3.94. The van der Waals surface area contributed by atoms with E-state index in [9.17, 15) is 4.79 Å². The van der Waals surface area contributed by atoms with Gasteiger partial charge in [0.2, 0.25) is 0 Å². The van der Waals surface area contributed by atoms with Gasteiger partial charge in [-0.2, -0.15) is 5.10 Å². The zero-order valence-corrected chi connectivity index (χ0v) is 12.3. The Hall–Kier alpha value is -1.12.